The number of halogens is 1. The van der Waals surface area contributed by atoms with Crippen LogP contribution < -0.4 is 4.72 Å². The van der Waals surface area contributed by atoms with Gasteiger partial charge in [0.1, 0.15) is 0 Å². The minimum atomic E-state index is -3.41. The summed E-state index contributed by atoms with van der Waals surface area (Å²) in [6, 6.07) is 2.84. The first-order valence-electron chi connectivity index (χ1n) is 4.78. The summed E-state index contributed by atoms with van der Waals surface area (Å²) in [5.41, 5.74) is 0.900. The molecule has 0 heterocycles. The van der Waals surface area contributed by atoms with E-state index in [2.05, 4.69) is 9.66 Å². The van der Waals surface area contributed by atoms with Crippen LogP contribution in [0.15, 0.2) is 17.0 Å². The first-order valence-corrected chi connectivity index (χ1v) is 7.89. The molecule has 0 saturated carbocycles. The molecule has 0 spiro atoms. The molecule has 0 unspecified atom stereocenters. The number of rotatable bonds is 4. The highest BCUT2D eigenvalue weighted by atomic mass is 32.2. The van der Waals surface area contributed by atoms with Gasteiger partial charge >= 0.3 is 5.97 Å². The third-order valence-electron chi connectivity index (χ3n) is 2.13. The zero-order chi connectivity index (χ0) is 13.9. The molecule has 1 N–H and O–H groups in total. The van der Waals surface area contributed by atoms with Crippen molar-refractivity contribution < 1.29 is 22.7 Å². The van der Waals surface area contributed by atoms with Gasteiger partial charge in [-0.1, -0.05) is 0 Å². The highest BCUT2D eigenvalue weighted by molar-refractivity contribution is 7.98. The summed E-state index contributed by atoms with van der Waals surface area (Å²) in [6.45, 7) is 1.60. The summed E-state index contributed by atoms with van der Waals surface area (Å²) in [5.74, 6) is -1.10. The topological polar surface area (TPSA) is 72.5 Å². The van der Waals surface area contributed by atoms with Crippen LogP contribution in [-0.4, -0.2) is 26.9 Å². The number of anilines is 1. The summed E-state index contributed by atoms with van der Waals surface area (Å²) < 4.78 is 36.6. The van der Waals surface area contributed by atoms with Gasteiger partial charge in [0.25, 0.3) is 0 Å². The molecule has 0 fully saturated rings. The van der Waals surface area contributed by atoms with Crippen molar-refractivity contribution in [2.45, 2.75) is 11.8 Å². The summed E-state index contributed by atoms with van der Waals surface area (Å²) >= 11 is 1.19. The monoisotopic (exact) mass is 293 g/mol. The molecular weight excluding hydrogens is 281 g/mol. The molecule has 0 aliphatic carbocycles. The van der Waals surface area contributed by atoms with Crippen LogP contribution in [0.5, 0.6) is 0 Å². The van der Waals surface area contributed by atoms with E-state index in [1.807, 2.05) is 0 Å². The Hall–Kier alpha value is -1.28. The number of hydrogen-bond acceptors (Lipinski definition) is 5. The van der Waals surface area contributed by atoms with Gasteiger partial charge < -0.3 is 0 Å². The molecule has 0 saturated heterocycles. The lowest BCUT2D eigenvalue weighted by molar-refractivity contribution is -0.0791. The predicted octanol–water partition coefficient (Wildman–Crippen LogP) is 2.13. The number of benzene rings is 1. The highest BCUT2D eigenvalue weighted by Crippen LogP contribution is 2.28. The summed E-state index contributed by atoms with van der Waals surface area (Å²) in [5, 5.41) is 0. The van der Waals surface area contributed by atoms with Crippen LogP contribution in [0.1, 0.15) is 15.9 Å². The molecule has 0 aromatic heterocycles. The van der Waals surface area contributed by atoms with Crippen molar-refractivity contribution in [1.29, 1.82) is 0 Å². The van der Waals surface area contributed by atoms with Crippen molar-refractivity contribution in [3.05, 3.63) is 23.3 Å². The smallest absolute Gasteiger partial charge is 0.283 e. The molecule has 0 radical (unpaired) electrons. The average Bonchev–Trinajstić information content (AvgIpc) is 2.28. The van der Waals surface area contributed by atoms with Crippen molar-refractivity contribution in [3.63, 3.8) is 0 Å². The largest absolute Gasteiger partial charge is 0.380 e. The third kappa shape index (κ3) is 3.61. The quantitative estimate of drug-likeness (QED) is 0.861. The van der Waals surface area contributed by atoms with Crippen molar-refractivity contribution in [2.75, 3.05) is 17.2 Å². The molecule has 1 aromatic rings. The first-order chi connectivity index (χ1) is 8.28. The van der Waals surface area contributed by atoms with Crippen LogP contribution in [0, 0.1) is 6.92 Å². The van der Waals surface area contributed by atoms with E-state index >= 15 is 0 Å². The first kappa shape index (κ1) is 14.8. The number of hydrogen-bond donors (Lipinski definition) is 1. The van der Waals surface area contributed by atoms with E-state index < -0.39 is 16.0 Å². The Bertz CT molecular complexity index is 571. The lowest BCUT2D eigenvalue weighted by Crippen LogP contribution is -2.12. The number of nitrogens with one attached hydrogen (secondary N) is 1. The zero-order valence-corrected chi connectivity index (χ0v) is 11.6. The van der Waals surface area contributed by atoms with Gasteiger partial charge in [-0.3, -0.25) is 4.72 Å². The molecule has 0 aliphatic heterocycles. The number of aryl methyl sites for hydroxylation is 1. The molecule has 18 heavy (non-hydrogen) atoms. The molecule has 100 valence electrons. The van der Waals surface area contributed by atoms with E-state index in [1.54, 1.807) is 13.2 Å². The minimum Gasteiger partial charge on any atom is -0.283 e. The van der Waals surface area contributed by atoms with Gasteiger partial charge in [-0.05, 0) is 30.9 Å². The van der Waals surface area contributed by atoms with Gasteiger partial charge in [-0.15, -0.1) is 11.8 Å². The summed E-state index contributed by atoms with van der Waals surface area (Å²) in [7, 11) is -3.41. The van der Waals surface area contributed by atoms with E-state index in [1.165, 1.54) is 23.9 Å². The van der Waals surface area contributed by atoms with Crippen molar-refractivity contribution in [1.82, 2.24) is 0 Å². The van der Waals surface area contributed by atoms with Crippen LogP contribution in [0.3, 0.4) is 0 Å². The van der Waals surface area contributed by atoms with Gasteiger partial charge in [0.15, 0.2) is 0 Å². The fourth-order valence-corrected chi connectivity index (χ4v) is 2.58. The van der Waals surface area contributed by atoms with Crippen LogP contribution in [0.25, 0.3) is 0 Å². The zero-order valence-electron chi connectivity index (χ0n) is 9.98. The SMILES string of the molecule is CSc1cc(NS(C)(=O)=O)c(C)cc1C(=O)OF. The second-order valence-corrected chi connectivity index (χ2v) is 6.20. The second kappa shape index (κ2) is 5.57. The Morgan fingerprint density at radius 1 is 1.44 bits per heavy atom. The Kier molecular flexibility index (Phi) is 4.58. The van der Waals surface area contributed by atoms with E-state index in [-0.39, 0.29) is 5.56 Å². The van der Waals surface area contributed by atoms with Gasteiger partial charge in [0.05, 0.1) is 17.5 Å². The molecule has 0 aliphatic rings. The van der Waals surface area contributed by atoms with Crippen LogP contribution >= 0.6 is 11.8 Å². The fourth-order valence-electron chi connectivity index (χ4n) is 1.37. The fraction of sp³-hybridized carbons (Fsp3) is 0.300. The van der Waals surface area contributed by atoms with Crippen LogP contribution in [0.4, 0.5) is 10.2 Å². The predicted molar refractivity (Wildman–Crippen MR) is 68.0 cm³/mol. The third-order valence-corrected chi connectivity index (χ3v) is 3.50. The van der Waals surface area contributed by atoms with E-state index in [4.69, 9.17) is 0 Å². The average molecular weight is 293 g/mol. The normalized spacial score (nSPS) is 11.1. The Balaban J connectivity index is 3.31. The Morgan fingerprint density at radius 2 is 2.06 bits per heavy atom. The maximum absolute atomic E-state index is 11.9. The number of carbonyl (C=O) groups excluding carboxylic acids is 1. The molecule has 0 bridgehead atoms. The lowest BCUT2D eigenvalue weighted by Gasteiger charge is -2.11. The van der Waals surface area contributed by atoms with Crippen LogP contribution in [-0.2, 0) is 15.0 Å². The highest BCUT2D eigenvalue weighted by Gasteiger charge is 2.17. The van der Waals surface area contributed by atoms with Gasteiger partial charge in [-0.2, -0.15) is 0 Å². The van der Waals surface area contributed by atoms with Gasteiger partial charge in [0, 0.05) is 9.42 Å². The maximum Gasteiger partial charge on any atom is 0.380 e. The molecule has 1 rings (SSSR count). The summed E-state index contributed by atoms with van der Waals surface area (Å²) in [6.07, 6.45) is 2.71. The van der Waals surface area contributed by atoms with Gasteiger partial charge in [-0.25, -0.2) is 18.2 Å². The maximum atomic E-state index is 11.9. The second-order valence-electron chi connectivity index (χ2n) is 3.61. The molecular formula is C10H12FNO4S2. The van der Waals surface area contributed by atoms with E-state index in [0.29, 0.717) is 16.1 Å². The minimum absolute atomic E-state index is 0.0570. The number of thioether (sulfide) groups is 1. The van der Waals surface area contributed by atoms with Crippen molar-refractivity contribution in [3.8, 4) is 0 Å². The van der Waals surface area contributed by atoms with E-state index in [9.17, 15) is 17.7 Å². The molecule has 8 heteroatoms. The lowest BCUT2D eigenvalue weighted by atomic mass is 10.1. The molecule has 5 nitrogen and oxygen atoms in total. The molecule has 0 amide bonds. The molecule has 1 aromatic carbocycles. The van der Waals surface area contributed by atoms with Crippen LogP contribution in [0.2, 0.25) is 0 Å². The number of carbonyl (C=O) groups is 1. The summed E-state index contributed by atoms with van der Waals surface area (Å²) in [4.78, 5) is 14.8. The standard InChI is InChI=1S/C10H12FNO4S2/c1-6-4-7(10(13)16-11)9(17-2)5-8(6)12-18(3,14)15/h4-5,12H,1-3H3. The number of sulfonamides is 1. The molecule has 0 atom stereocenters. The Morgan fingerprint density at radius 3 is 2.50 bits per heavy atom. The van der Waals surface area contributed by atoms with E-state index in [0.717, 1.165) is 6.26 Å². The Labute approximate surface area is 109 Å². The van der Waals surface area contributed by atoms with Crippen molar-refractivity contribution >= 4 is 33.4 Å². The van der Waals surface area contributed by atoms with Gasteiger partial charge in [0.2, 0.25) is 10.0 Å². The van der Waals surface area contributed by atoms with Crippen molar-refractivity contribution in [2.24, 2.45) is 0 Å².